The van der Waals surface area contributed by atoms with Crippen molar-refractivity contribution in [2.45, 2.75) is 31.7 Å². The van der Waals surface area contributed by atoms with Crippen LogP contribution in [0.3, 0.4) is 0 Å². The molecule has 0 spiro atoms. The normalized spacial score (nSPS) is 16.2. The highest BCUT2D eigenvalue weighted by molar-refractivity contribution is 5.90. The second kappa shape index (κ2) is 4.34. The summed E-state index contributed by atoms with van der Waals surface area (Å²) in [5, 5.41) is 14.5. The first-order valence-electron chi connectivity index (χ1n) is 5.32. The fraction of sp³-hybridized carbons (Fsp3) is 0.500. The number of urea groups is 1. The molecule has 1 aromatic rings. The second-order valence-electron chi connectivity index (χ2n) is 3.93. The van der Waals surface area contributed by atoms with Gasteiger partial charge in [0.15, 0.2) is 0 Å². The molecule has 0 radical (unpaired) electrons. The van der Waals surface area contributed by atoms with Gasteiger partial charge in [0.2, 0.25) is 6.20 Å². The number of hydrogen-bond donors (Lipinski definition) is 1. The summed E-state index contributed by atoms with van der Waals surface area (Å²) in [5.74, 6) is 0. The average molecular weight is 222 g/mol. The van der Waals surface area contributed by atoms with Crippen LogP contribution in [0, 0.1) is 5.21 Å². The highest BCUT2D eigenvalue weighted by atomic mass is 16.5. The van der Waals surface area contributed by atoms with E-state index in [1.54, 1.807) is 6.07 Å². The van der Waals surface area contributed by atoms with Crippen molar-refractivity contribution in [1.29, 1.82) is 0 Å². The van der Waals surface area contributed by atoms with E-state index in [1.165, 1.54) is 17.3 Å². The van der Waals surface area contributed by atoms with E-state index in [0.29, 0.717) is 10.5 Å². The maximum absolute atomic E-state index is 11.4. The predicted octanol–water partition coefficient (Wildman–Crippen LogP) is 0.543. The van der Waals surface area contributed by atoms with Crippen LogP contribution in [0.5, 0.6) is 0 Å². The average Bonchev–Trinajstić information content (AvgIpc) is 2.71. The van der Waals surface area contributed by atoms with Gasteiger partial charge in [-0.3, -0.25) is 4.90 Å². The molecule has 0 saturated heterocycles. The van der Waals surface area contributed by atoms with Crippen LogP contribution >= 0.6 is 0 Å². The molecule has 16 heavy (non-hydrogen) atoms. The molecule has 86 valence electrons. The Morgan fingerprint density at radius 1 is 1.56 bits per heavy atom. The molecule has 0 aliphatic heterocycles. The minimum absolute atomic E-state index is 0.111. The van der Waals surface area contributed by atoms with Gasteiger partial charge in [0.1, 0.15) is 5.69 Å². The van der Waals surface area contributed by atoms with Gasteiger partial charge in [0.05, 0.1) is 6.20 Å². The van der Waals surface area contributed by atoms with Gasteiger partial charge in [-0.25, -0.2) is 4.79 Å². The van der Waals surface area contributed by atoms with Crippen molar-refractivity contribution in [3.8, 4) is 0 Å². The lowest BCUT2D eigenvalue weighted by Gasteiger charge is -2.25. The Balaban J connectivity index is 2.28. The second-order valence-corrected chi connectivity index (χ2v) is 3.93. The first-order chi connectivity index (χ1) is 7.68. The predicted molar refractivity (Wildman–Crippen MR) is 57.5 cm³/mol. The van der Waals surface area contributed by atoms with Crippen molar-refractivity contribution in [3.05, 3.63) is 23.7 Å². The van der Waals surface area contributed by atoms with E-state index in [-0.39, 0.29) is 6.04 Å². The molecule has 1 aliphatic carbocycles. The van der Waals surface area contributed by atoms with Crippen LogP contribution in [-0.4, -0.2) is 17.2 Å². The Hall–Kier alpha value is -1.85. The highest BCUT2D eigenvalue weighted by Gasteiger charge is 2.27. The minimum atomic E-state index is -0.516. The van der Waals surface area contributed by atoms with Gasteiger partial charge in [-0.2, -0.15) is 0 Å². The highest BCUT2D eigenvalue weighted by Crippen LogP contribution is 2.27. The third-order valence-corrected chi connectivity index (χ3v) is 2.87. The number of amides is 2. The monoisotopic (exact) mass is 222 g/mol. The molecule has 0 atom stereocenters. The Bertz CT molecular complexity index is 390. The lowest BCUT2D eigenvalue weighted by Crippen LogP contribution is -2.44. The molecule has 1 heterocycles. The van der Waals surface area contributed by atoms with Gasteiger partial charge in [0.25, 0.3) is 0 Å². The van der Waals surface area contributed by atoms with E-state index >= 15 is 0 Å². The maximum Gasteiger partial charge on any atom is 0.319 e. The Morgan fingerprint density at radius 3 is 2.81 bits per heavy atom. The van der Waals surface area contributed by atoms with E-state index in [0.717, 1.165) is 25.7 Å². The smallest absolute Gasteiger partial charge is 0.319 e. The summed E-state index contributed by atoms with van der Waals surface area (Å²) < 4.78 is 0. The maximum atomic E-state index is 11.4. The van der Waals surface area contributed by atoms with Crippen molar-refractivity contribution >= 4 is 11.7 Å². The molecule has 1 fully saturated rings. The number of nitrogens with zero attached hydrogens (tertiary/aromatic N) is 3. The number of carbonyl (C=O) groups excluding carboxylic acids is 1. The Labute approximate surface area is 93.2 Å². The van der Waals surface area contributed by atoms with E-state index in [1.807, 2.05) is 0 Å². The third kappa shape index (κ3) is 2.05. The fourth-order valence-electron chi connectivity index (χ4n) is 2.19. The molecule has 6 nitrogen and oxygen atoms in total. The number of nitrogens with two attached hydrogens (primary N) is 1. The van der Waals surface area contributed by atoms with Crippen LogP contribution < -0.4 is 15.5 Å². The van der Waals surface area contributed by atoms with Gasteiger partial charge in [-0.15, -0.1) is 0 Å². The summed E-state index contributed by atoms with van der Waals surface area (Å²) in [5.41, 5.74) is 5.87. The molecule has 2 amide bonds. The van der Waals surface area contributed by atoms with Gasteiger partial charge >= 0.3 is 6.03 Å². The van der Waals surface area contributed by atoms with Crippen LogP contribution in [0.1, 0.15) is 25.7 Å². The summed E-state index contributed by atoms with van der Waals surface area (Å²) >= 11 is 0. The molecule has 2 rings (SSSR count). The number of rotatable bonds is 2. The molecule has 2 N–H and O–H groups in total. The summed E-state index contributed by atoms with van der Waals surface area (Å²) in [6.07, 6.45) is 6.69. The quantitative estimate of drug-likeness (QED) is 0.585. The van der Waals surface area contributed by atoms with Crippen LogP contribution in [-0.2, 0) is 0 Å². The first kappa shape index (κ1) is 10.7. The Morgan fingerprint density at radius 2 is 2.25 bits per heavy atom. The summed E-state index contributed by atoms with van der Waals surface area (Å²) in [6.45, 7) is 0. The van der Waals surface area contributed by atoms with Gasteiger partial charge in [-0.1, -0.05) is 17.7 Å². The van der Waals surface area contributed by atoms with E-state index in [4.69, 9.17) is 5.73 Å². The van der Waals surface area contributed by atoms with Crippen LogP contribution in [0.4, 0.5) is 10.5 Å². The fourth-order valence-corrected chi connectivity index (χ4v) is 2.19. The molecule has 0 unspecified atom stereocenters. The van der Waals surface area contributed by atoms with Crippen molar-refractivity contribution in [3.63, 3.8) is 0 Å². The first-order valence-corrected chi connectivity index (χ1v) is 5.32. The van der Waals surface area contributed by atoms with Gasteiger partial charge < -0.3 is 10.9 Å². The number of carbonyl (C=O) groups is 1. The molecule has 0 aromatic carbocycles. The molecular formula is C10H14N4O2. The zero-order valence-electron chi connectivity index (χ0n) is 8.87. The number of anilines is 1. The van der Waals surface area contributed by atoms with Crippen LogP contribution in [0.2, 0.25) is 0 Å². The SMILES string of the molecule is NC(=O)N(c1ccn[n+]([O-])c1)C1CCCC1. The molecule has 6 heteroatoms. The molecule has 1 aliphatic rings. The summed E-state index contributed by atoms with van der Waals surface area (Å²) in [7, 11) is 0. The van der Waals surface area contributed by atoms with Gasteiger partial charge in [-0.05, 0) is 18.9 Å². The van der Waals surface area contributed by atoms with E-state index in [2.05, 4.69) is 5.10 Å². The van der Waals surface area contributed by atoms with E-state index in [9.17, 15) is 10.0 Å². The number of hydrogen-bond acceptors (Lipinski definition) is 3. The summed E-state index contributed by atoms with van der Waals surface area (Å²) in [6, 6.07) is 1.22. The van der Waals surface area contributed by atoms with Crippen molar-refractivity contribution in [1.82, 2.24) is 5.10 Å². The largest absolute Gasteiger partial charge is 0.594 e. The molecular weight excluding hydrogens is 208 g/mol. The topological polar surface area (TPSA) is 86.2 Å². The molecule has 1 aromatic heterocycles. The van der Waals surface area contributed by atoms with Crippen molar-refractivity contribution in [2.75, 3.05) is 4.90 Å². The third-order valence-electron chi connectivity index (χ3n) is 2.87. The summed E-state index contributed by atoms with van der Waals surface area (Å²) in [4.78, 5) is 13.3. The minimum Gasteiger partial charge on any atom is -0.594 e. The lowest BCUT2D eigenvalue weighted by atomic mass is 10.2. The number of primary amides is 1. The van der Waals surface area contributed by atoms with Gasteiger partial charge in [0, 0.05) is 11.1 Å². The van der Waals surface area contributed by atoms with Crippen molar-refractivity contribution in [2.24, 2.45) is 5.73 Å². The molecule has 1 saturated carbocycles. The van der Waals surface area contributed by atoms with Crippen LogP contribution in [0.25, 0.3) is 0 Å². The van der Waals surface area contributed by atoms with Crippen LogP contribution in [0.15, 0.2) is 18.5 Å². The zero-order valence-corrected chi connectivity index (χ0v) is 8.87. The zero-order chi connectivity index (χ0) is 11.5. The number of aromatic nitrogens is 2. The van der Waals surface area contributed by atoms with Crippen molar-refractivity contribution < 1.29 is 9.64 Å². The molecule has 0 bridgehead atoms. The standard InChI is InChI=1S/C10H14N4O2/c11-10(15)14(8-3-1-2-4-8)9-5-6-12-13(16)7-9/h5-8H,1-4H2,(H2,11,15). The Kier molecular flexibility index (Phi) is 2.89. The van der Waals surface area contributed by atoms with E-state index < -0.39 is 6.03 Å². The lowest BCUT2D eigenvalue weighted by molar-refractivity contribution is -0.668.